The highest BCUT2D eigenvalue weighted by Gasteiger charge is 2.16. The molecule has 1 aromatic carbocycles. The molecule has 1 aromatic rings. The number of benzene rings is 1. The number of rotatable bonds is 6. The number of alkyl halides is 1. The molecule has 16 heavy (non-hydrogen) atoms. The van der Waals surface area contributed by atoms with Crippen molar-refractivity contribution < 1.29 is 0 Å². The molecular formula is C15H23Br. The van der Waals surface area contributed by atoms with Crippen LogP contribution in [0.4, 0.5) is 0 Å². The van der Waals surface area contributed by atoms with Gasteiger partial charge in [-0.05, 0) is 36.3 Å². The van der Waals surface area contributed by atoms with Gasteiger partial charge in [-0.15, -0.1) is 0 Å². The minimum absolute atomic E-state index is 0.672. The van der Waals surface area contributed by atoms with Crippen molar-refractivity contribution in [3.05, 3.63) is 35.4 Å². The average molecular weight is 283 g/mol. The van der Waals surface area contributed by atoms with E-state index in [4.69, 9.17) is 0 Å². The third kappa shape index (κ3) is 3.62. The highest BCUT2D eigenvalue weighted by Crippen LogP contribution is 2.30. The molecule has 1 unspecified atom stereocenters. The Hall–Kier alpha value is -0.300. The molecule has 0 aliphatic carbocycles. The largest absolute Gasteiger partial charge is 0.0921 e. The fourth-order valence-electron chi connectivity index (χ4n) is 2.34. The first-order chi connectivity index (χ1) is 7.72. The molecule has 0 bridgehead atoms. The highest BCUT2D eigenvalue weighted by molar-refractivity contribution is 9.09. The van der Waals surface area contributed by atoms with Crippen molar-refractivity contribution >= 4 is 15.9 Å². The highest BCUT2D eigenvalue weighted by atomic mass is 79.9. The van der Waals surface area contributed by atoms with E-state index in [2.05, 4.69) is 61.0 Å². The minimum atomic E-state index is 0.672. The quantitative estimate of drug-likeness (QED) is 0.621. The van der Waals surface area contributed by atoms with Crippen LogP contribution in [0, 0.1) is 12.8 Å². The number of hydrogen-bond acceptors (Lipinski definition) is 0. The van der Waals surface area contributed by atoms with Gasteiger partial charge in [-0.25, -0.2) is 0 Å². The van der Waals surface area contributed by atoms with Crippen molar-refractivity contribution in [3.8, 4) is 0 Å². The predicted octanol–water partition coefficient (Wildman–Crippen LogP) is 5.30. The molecule has 0 heterocycles. The van der Waals surface area contributed by atoms with Crippen molar-refractivity contribution in [3.63, 3.8) is 0 Å². The summed E-state index contributed by atoms with van der Waals surface area (Å²) in [5.74, 6) is 1.54. The number of halogens is 1. The average Bonchev–Trinajstić information content (AvgIpc) is 2.32. The van der Waals surface area contributed by atoms with Gasteiger partial charge in [0.2, 0.25) is 0 Å². The first-order valence-electron chi connectivity index (χ1n) is 6.34. The summed E-state index contributed by atoms with van der Waals surface area (Å²) < 4.78 is 0. The molecule has 0 fully saturated rings. The second-order valence-electron chi connectivity index (χ2n) is 4.63. The van der Waals surface area contributed by atoms with E-state index in [9.17, 15) is 0 Å². The van der Waals surface area contributed by atoms with Crippen LogP contribution in [-0.4, -0.2) is 5.33 Å². The van der Waals surface area contributed by atoms with Gasteiger partial charge in [0.15, 0.2) is 0 Å². The maximum Gasteiger partial charge on any atom is 0.0100 e. The van der Waals surface area contributed by atoms with Crippen LogP contribution in [0.5, 0.6) is 0 Å². The van der Waals surface area contributed by atoms with Gasteiger partial charge >= 0.3 is 0 Å². The van der Waals surface area contributed by atoms with Crippen LogP contribution < -0.4 is 0 Å². The van der Waals surface area contributed by atoms with E-state index >= 15 is 0 Å². The van der Waals surface area contributed by atoms with Crippen LogP contribution in [0.2, 0.25) is 0 Å². The molecule has 0 amide bonds. The first kappa shape index (κ1) is 13.8. The summed E-state index contributed by atoms with van der Waals surface area (Å²) in [5, 5.41) is 1.08. The molecule has 90 valence electrons. The SMILES string of the molecule is CCC(CC)CC(CBr)c1ccccc1C. The molecule has 1 rings (SSSR count). The maximum atomic E-state index is 3.67. The zero-order valence-corrected chi connectivity index (χ0v) is 12.3. The summed E-state index contributed by atoms with van der Waals surface area (Å²) in [6, 6.07) is 8.79. The Morgan fingerprint density at radius 2 is 1.75 bits per heavy atom. The molecule has 0 spiro atoms. The summed E-state index contributed by atoms with van der Waals surface area (Å²) in [7, 11) is 0. The second kappa shape index (κ2) is 7.11. The molecule has 0 aliphatic rings. The Balaban J connectivity index is 2.78. The lowest BCUT2D eigenvalue weighted by atomic mass is 9.86. The van der Waals surface area contributed by atoms with Crippen LogP contribution in [0.3, 0.4) is 0 Å². The van der Waals surface area contributed by atoms with Crippen molar-refractivity contribution in [1.82, 2.24) is 0 Å². The number of hydrogen-bond donors (Lipinski definition) is 0. The van der Waals surface area contributed by atoms with Crippen LogP contribution in [0.1, 0.15) is 50.2 Å². The summed E-state index contributed by atoms with van der Waals surface area (Å²) in [6.07, 6.45) is 3.90. The topological polar surface area (TPSA) is 0 Å². The van der Waals surface area contributed by atoms with E-state index in [-0.39, 0.29) is 0 Å². The van der Waals surface area contributed by atoms with Gasteiger partial charge < -0.3 is 0 Å². The van der Waals surface area contributed by atoms with Crippen molar-refractivity contribution in [2.75, 3.05) is 5.33 Å². The zero-order valence-electron chi connectivity index (χ0n) is 10.7. The van der Waals surface area contributed by atoms with Gasteiger partial charge in [0, 0.05) is 5.33 Å². The third-order valence-electron chi connectivity index (χ3n) is 3.59. The molecule has 0 aliphatic heterocycles. The van der Waals surface area contributed by atoms with Crippen LogP contribution >= 0.6 is 15.9 Å². The Labute approximate surface area is 109 Å². The maximum absolute atomic E-state index is 3.67. The van der Waals surface area contributed by atoms with Crippen LogP contribution in [0.15, 0.2) is 24.3 Å². The molecule has 0 radical (unpaired) electrons. The number of aryl methyl sites for hydroxylation is 1. The van der Waals surface area contributed by atoms with Crippen LogP contribution in [0.25, 0.3) is 0 Å². The van der Waals surface area contributed by atoms with E-state index in [1.807, 2.05) is 0 Å². The lowest BCUT2D eigenvalue weighted by molar-refractivity contribution is 0.425. The molecule has 0 aromatic heterocycles. The summed E-state index contributed by atoms with van der Waals surface area (Å²) in [5.41, 5.74) is 2.95. The Morgan fingerprint density at radius 1 is 1.12 bits per heavy atom. The summed E-state index contributed by atoms with van der Waals surface area (Å²) >= 11 is 3.67. The fourth-order valence-corrected chi connectivity index (χ4v) is 2.96. The molecule has 1 atom stereocenters. The minimum Gasteiger partial charge on any atom is -0.0921 e. The van der Waals surface area contributed by atoms with Gasteiger partial charge in [-0.2, -0.15) is 0 Å². The zero-order chi connectivity index (χ0) is 12.0. The van der Waals surface area contributed by atoms with E-state index in [1.54, 1.807) is 0 Å². The lowest BCUT2D eigenvalue weighted by Gasteiger charge is -2.22. The normalized spacial score (nSPS) is 13.1. The van der Waals surface area contributed by atoms with Crippen molar-refractivity contribution in [2.45, 2.75) is 46.0 Å². The molecule has 0 saturated carbocycles. The van der Waals surface area contributed by atoms with Crippen molar-refractivity contribution in [1.29, 1.82) is 0 Å². The molecular weight excluding hydrogens is 260 g/mol. The van der Waals surface area contributed by atoms with Gasteiger partial charge in [0.25, 0.3) is 0 Å². The Morgan fingerprint density at radius 3 is 2.25 bits per heavy atom. The van der Waals surface area contributed by atoms with Crippen molar-refractivity contribution in [2.24, 2.45) is 5.92 Å². The first-order valence-corrected chi connectivity index (χ1v) is 7.46. The predicted molar refractivity (Wildman–Crippen MR) is 76.4 cm³/mol. The smallest absolute Gasteiger partial charge is 0.0100 e. The van der Waals surface area contributed by atoms with Gasteiger partial charge in [0.05, 0.1) is 0 Å². The molecule has 1 heteroatoms. The summed E-state index contributed by atoms with van der Waals surface area (Å²) in [4.78, 5) is 0. The monoisotopic (exact) mass is 282 g/mol. The Kier molecular flexibility index (Phi) is 6.12. The van der Waals surface area contributed by atoms with Crippen LogP contribution in [-0.2, 0) is 0 Å². The van der Waals surface area contributed by atoms with Gasteiger partial charge in [0.1, 0.15) is 0 Å². The van der Waals surface area contributed by atoms with E-state index < -0.39 is 0 Å². The van der Waals surface area contributed by atoms with E-state index in [0.717, 1.165) is 11.2 Å². The van der Waals surface area contributed by atoms with Gasteiger partial charge in [-0.3, -0.25) is 0 Å². The lowest BCUT2D eigenvalue weighted by Crippen LogP contribution is -2.09. The molecule has 0 saturated heterocycles. The van der Waals surface area contributed by atoms with Gasteiger partial charge in [-0.1, -0.05) is 66.9 Å². The third-order valence-corrected chi connectivity index (χ3v) is 4.37. The molecule has 0 N–H and O–H groups in total. The fraction of sp³-hybridized carbons (Fsp3) is 0.600. The van der Waals surface area contributed by atoms with E-state index in [0.29, 0.717) is 5.92 Å². The molecule has 0 nitrogen and oxygen atoms in total. The standard InChI is InChI=1S/C15H23Br/c1-4-13(5-2)10-14(11-16)15-9-7-6-8-12(15)3/h6-9,13-14H,4-5,10-11H2,1-3H3. The second-order valence-corrected chi connectivity index (χ2v) is 5.27. The van der Waals surface area contributed by atoms with E-state index in [1.165, 1.54) is 30.4 Å². The summed E-state index contributed by atoms with van der Waals surface area (Å²) in [6.45, 7) is 6.83. The Bertz CT molecular complexity index is 302.